The summed E-state index contributed by atoms with van der Waals surface area (Å²) >= 11 is 0. The minimum atomic E-state index is 0.0744. The smallest absolute Gasteiger partial charge is 0.119 e. The van der Waals surface area contributed by atoms with Gasteiger partial charge in [0.15, 0.2) is 0 Å². The van der Waals surface area contributed by atoms with Crippen molar-refractivity contribution in [1.29, 1.82) is 0 Å². The van der Waals surface area contributed by atoms with E-state index >= 15 is 0 Å². The number of nitrogens with two attached hydrogens (primary N) is 1. The molecule has 0 amide bonds. The molecule has 1 aromatic rings. The van der Waals surface area contributed by atoms with E-state index in [1.165, 1.54) is 36.8 Å². The number of fused-ring (bicyclic) bond motifs is 4. The molecule has 2 aliphatic rings. The Balaban J connectivity index is 2.16. The van der Waals surface area contributed by atoms with E-state index in [1.807, 2.05) is 0 Å². The zero-order chi connectivity index (χ0) is 14.2. The molecule has 2 nitrogen and oxygen atoms in total. The number of ether oxygens (including phenoxy) is 1. The summed E-state index contributed by atoms with van der Waals surface area (Å²) in [6.07, 6.45) is 9.18. The minimum absolute atomic E-state index is 0.0744. The Hall–Kier alpha value is -1.28. The molecule has 0 aliphatic heterocycles. The molecule has 2 unspecified atom stereocenters. The van der Waals surface area contributed by atoms with Crippen molar-refractivity contribution in [2.24, 2.45) is 11.7 Å². The van der Waals surface area contributed by atoms with Crippen molar-refractivity contribution < 1.29 is 4.74 Å². The Kier molecular flexibility index (Phi) is 3.59. The van der Waals surface area contributed by atoms with Crippen LogP contribution in [0.2, 0.25) is 0 Å². The Morgan fingerprint density at radius 3 is 3.05 bits per heavy atom. The topological polar surface area (TPSA) is 35.2 Å². The van der Waals surface area contributed by atoms with Gasteiger partial charge in [-0.25, -0.2) is 0 Å². The molecule has 1 aromatic carbocycles. The van der Waals surface area contributed by atoms with Crippen LogP contribution in [-0.2, 0) is 11.8 Å². The maximum Gasteiger partial charge on any atom is 0.119 e. The van der Waals surface area contributed by atoms with Crippen LogP contribution < -0.4 is 10.5 Å². The summed E-state index contributed by atoms with van der Waals surface area (Å²) in [5, 5.41) is 0. The molecule has 20 heavy (non-hydrogen) atoms. The van der Waals surface area contributed by atoms with E-state index in [4.69, 9.17) is 10.5 Å². The summed E-state index contributed by atoms with van der Waals surface area (Å²) in [5.74, 6) is 1.57. The van der Waals surface area contributed by atoms with Gasteiger partial charge in [0.1, 0.15) is 5.75 Å². The van der Waals surface area contributed by atoms with Crippen molar-refractivity contribution in [3.8, 4) is 5.75 Å². The SMILES string of the molecule is C=CC[C@@]12CCCCC(Cc3ccc(OC)cc31)C2N. The van der Waals surface area contributed by atoms with Crippen molar-refractivity contribution in [3.63, 3.8) is 0 Å². The van der Waals surface area contributed by atoms with Gasteiger partial charge in [-0.3, -0.25) is 0 Å². The number of rotatable bonds is 3. The number of benzene rings is 1. The van der Waals surface area contributed by atoms with Crippen LogP contribution in [0.1, 0.15) is 43.2 Å². The third-order valence-corrected chi connectivity index (χ3v) is 5.44. The molecule has 0 saturated heterocycles. The quantitative estimate of drug-likeness (QED) is 0.853. The van der Waals surface area contributed by atoms with Crippen LogP contribution >= 0.6 is 0 Å². The standard InChI is InChI=1S/C18H25NO/c1-3-9-18-10-5-4-6-14(17(18)19)11-13-7-8-15(20-2)12-16(13)18/h3,7-8,12,14,17H,1,4-6,9-11,19H2,2H3/t14?,17?,18-/m1/s1. The molecule has 0 aromatic heterocycles. The Labute approximate surface area is 122 Å². The first kappa shape index (κ1) is 13.7. The van der Waals surface area contributed by atoms with Gasteiger partial charge in [0.25, 0.3) is 0 Å². The van der Waals surface area contributed by atoms with Gasteiger partial charge in [-0.2, -0.15) is 0 Å². The molecule has 3 rings (SSSR count). The lowest BCUT2D eigenvalue weighted by atomic mass is 9.60. The van der Waals surface area contributed by atoms with E-state index in [-0.39, 0.29) is 11.5 Å². The zero-order valence-corrected chi connectivity index (χ0v) is 12.4. The van der Waals surface area contributed by atoms with E-state index < -0.39 is 0 Å². The van der Waals surface area contributed by atoms with Gasteiger partial charge in [-0.05, 0) is 54.9 Å². The molecule has 0 spiro atoms. The monoisotopic (exact) mass is 271 g/mol. The van der Waals surface area contributed by atoms with Gasteiger partial charge in [0.05, 0.1) is 7.11 Å². The van der Waals surface area contributed by atoms with Crippen LogP contribution in [0.25, 0.3) is 0 Å². The molecule has 2 aliphatic carbocycles. The molecule has 2 bridgehead atoms. The molecule has 0 radical (unpaired) electrons. The van der Waals surface area contributed by atoms with E-state index in [0.29, 0.717) is 5.92 Å². The normalized spacial score (nSPS) is 32.1. The second-order valence-corrected chi connectivity index (χ2v) is 6.41. The van der Waals surface area contributed by atoms with E-state index in [2.05, 4.69) is 30.9 Å². The fourth-order valence-corrected chi connectivity index (χ4v) is 4.40. The number of hydrogen-bond acceptors (Lipinski definition) is 2. The van der Waals surface area contributed by atoms with Gasteiger partial charge in [-0.1, -0.05) is 25.0 Å². The third kappa shape index (κ3) is 1.98. The van der Waals surface area contributed by atoms with Gasteiger partial charge in [0, 0.05) is 11.5 Å². The minimum Gasteiger partial charge on any atom is -0.497 e. The molecule has 108 valence electrons. The molecule has 0 heterocycles. The fraction of sp³-hybridized carbons (Fsp3) is 0.556. The lowest BCUT2D eigenvalue weighted by molar-refractivity contribution is 0.236. The first-order chi connectivity index (χ1) is 9.71. The summed E-state index contributed by atoms with van der Waals surface area (Å²) < 4.78 is 5.44. The molecule has 3 atom stereocenters. The summed E-state index contributed by atoms with van der Waals surface area (Å²) in [7, 11) is 1.74. The van der Waals surface area contributed by atoms with E-state index in [1.54, 1.807) is 7.11 Å². The van der Waals surface area contributed by atoms with Crippen molar-refractivity contribution in [3.05, 3.63) is 42.0 Å². The highest BCUT2D eigenvalue weighted by Gasteiger charge is 2.46. The highest BCUT2D eigenvalue weighted by Crippen LogP contribution is 2.49. The van der Waals surface area contributed by atoms with Crippen LogP contribution in [0.4, 0.5) is 0 Å². The van der Waals surface area contributed by atoms with Crippen LogP contribution in [0.5, 0.6) is 5.75 Å². The Morgan fingerprint density at radius 1 is 1.45 bits per heavy atom. The van der Waals surface area contributed by atoms with Gasteiger partial charge < -0.3 is 10.5 Å². The van der Waals surface area contributed by atoms with Crippen molar-refractivity contribution in [2.45, 2.75) is 50.0 Å². The fourth-order valence-electron chi connectivity index (χ4n) is 4.40. The Bertz CT molecular complexity index is 510. The third-order valence-electron chi connectivity index (χ3n) is 5.44. The van der Waals surface area contributed by atoms with E-state index in [0.717, 1.165) is 18.6 Å². The number of allylic oxidation sites excluding steroid dienone is 1. The van der Waals surface area contributed by atoms with Crippen LogP contribution in [0.3, 0.4) is 0 Å². The predicted molar refractivity (Wildman–Crippen MR) is 83.1 cm³/mol. The van der Waals surface area contributed by atoms with Crippen LogP contribution in [0.15, 0.2) is 30.9 Å². The average Bonchev–Trinajstić information content (AvgIpc) is 2.57. The van der Waals surface area contributed by atoms with Crippen molar-refractivity contribution in [2.75, 3.05) is 7.11 Å². The van der Waals surface area contributed by atoms with Crippen molar-refractivity contribution >= 4 is 0 Å². The molecule has 2 heteroatoms. The van der Waals surface area contributed by atoms with Gasteiger partial charge >= 0.3 is 0 Å². The van der Waals surface area contributed by atoms with Crippen LogP contribution in [0, 0.1) is 5.92 Å². The summed E-state index contributed by atoms with van der Waals surface area (Å²) in [6, 6.07) is 6.81. The number of hydrogen-bond donors (Lipinski definition) is 1. The lowest BCUT2D eigenvalue weighted by Crippen LogP contribution is -2.52. The van der Waals surface area contributed by atoms with Crippen molar-refractivity contribution in [1.82, 2.24) is 0 Å². The molecular weight excluding hydrogens is 246 g/mol. The molecule has 1 saturated carbocycles. The maximum atomic E-state index is 6.72. The lowest BCUT2D eigenvalue weighted by Gasteiger charge is -2.46. The number of methoxy groups -OCH3 is 1. The average molecular weight is 271 g/mol. The molecular formula is C18H25NO. The van der Waals surface area contributed by atoms with Gasteiger partial charge in [-0.15, -0.1) is 6.58 Å². The van der Waals surface area contributed by atoms with E-state index in [9.17, 15) is 0 Å². The highest BCUT2D eigenvalue weighted by molar-refractivity contribution is 5.45. The largest absolute Gasteiger partial charge is 0.497 e. The zero-order valence-electron chi connectivity index (χ0n) is 12.4. The first-order valence-corrected chi connectivity index (χ1v) is 7.75. The second-order valence-electron chi connectivity index (χ2n) is 6.41. The highest BCUT2D eigenvalue weighted by atomic mass is 16.5. The maximum absolute atomic E-state index is 6.72. The van der Waals surface area contributed by atoms with Gasteiger partial charge in [0.2, 0.25) is 0 Å². The van der Waals surface area contributed by atoms with Crippen LogP contribution in [-0.4, -0.2) is 13.2 Å². The Morgan fingerprint density at radius 2 is 2.30 bits per heavy atom. The summed E-state index contributed by atoms with van der Waals surface area (Å²) in [5.41, 5.74) is 9.69. The second kappa shape index (κ2) is 5.25. The molecule has 1 fully saturated rings. The predicted octanol–water partition coefficient (Wildman–Crippen LogP) is 3.58. The summed E-state index contributed by atoms with van der Waals surface area (Å²) in [6.45, 7) is 3.99. The summed E-state index contributed by atoms with van der Waals surface area (Å²) in [4.78, 5) is 0. The molecule has 2 N–H and O–H groups in total. The first-order valence-electron chi connectivity index (χ1n) is 7.75.